The number of hydrogen-bond acceptors (Lipinski definition) is 6. The van der Waals surface area contributed by atoms with Crippen LogP contribution in [0.25, 0.3) is 0 Å². The van der Waals surface area contributed by atoms with Crippen LogP contribution in [0.5, 0.6) is 11.5 Å². The van der Waals surface area contributed by atoms with Crippen molar-refractivity contribution in [2.75, 3.05) is 25.1 Å². The Morgan fingerprint density at radius 3 is 2.21 bits per heavy atom. The van der Waals surface area contributed by atoms with E-state index in [0.29, 0.717) is 11.3 Å². The fraction of sp³-hybridized carbons (Fsp3) is 0.375. The molecule has 3 aromatic rings. The molecular formula is C32H38FN3O6S. The van der Waals surface area contributed by atoms with Gasteiger partial charge in [0.25, 0.3) is 10.0 Å². The van der Waals surface area contributed by atoms with Gasteiger partial charge in [0, 0.05) is 12.6 Å². The first-order valence-electron chi connectivity index (χ1n) is 14.3. The van der Waals surface area contributed by atoms with Crippen molar-refractivity contribution >= 4 is 27.5 Å². The molecule has 1 N–H and O–H groups in total. The van der Waals surface area contributed by atoms with Gasteiger partial charge in [0.2, 0.25) is 11.8 Å². The second-order valence-electron chi connectivity index (χ2n) is 10.5. The van der Waals surface area contributed by atoms with Crippen molar-refractivity contribution in [2.24, 2.45) is 0 Å². The number of benzene rings is 3. The molecule has 11 heteroatoms. The van der Waals surface area contributed by atoms with E-state index in [-0.39, 0.29) is 34.8 Å². The summed E-state index contributed by atoms with van der Waals surface area (Å²) < 4.78 is 53.4. The van der Waals surface area contributed by atoms with Crippen molar-refractivity contribution < 1.29 is 31.9 Å². The van der Waals surface area contributed by atoms with Crippen LogP contribution >= 0.6 is 0 Å². The van der Waals surface area contributed by atoms with Crippen LogP contribution in [-0.4, -0.2) is 58.0 Å². The highest BCUT2D eigenvalue weighted by atomic mass is 32.2. The van der Waals surface area contributed by atoms with Crippen molar-refractivity contribution in [1.29, 1.82) is 0 Å². The fourth-order valence-electron chi connectivity index (χ4n) is 5.16. The molecule has 3 aromatic carbocycles. The molecule has 9 nitrogen and oxygen atoms in total. The number of nitrogens with zero attached hydrogens (tertiary/aromatic N) is 2. The minimum absolute atomic E-state index is 0.0204. The molecule has 1 fully saturated rings. The standard InChI is InChI=1S/C32H38FN3O6S/c1-23(32(38)34-26-9-5-4-6-10-26)35(21-24-13-15-25(33)16-14-24)31(37)22-36(29-11-7-8-12-30(29)42-3)43(39,40)28-19-17-27(41-2)18-20-28/h7-8,11-20,23,26H,4-6,9-10,21-22H2,1-3H3,(H,34,38)/t23-/m1/s1. The molecule has 0 unspecified atom stereocenters. The van der Waals surface area contributed by atoms with Crippen molar-refractivity contribution in [3.63, 3.8) is 0 Å². The predicted molar refractivity (Wildman–Crippen MR) is 162 cm³/mol. The Labute approximate surface area is 252 Å². The second kappa shape index (κ2) is 14.4. The molecule has 0 bridgehead atoms. The molecule has 0 saturated heterocycles. The molecule has 0 aromatic heterocycles. The van der Waals surface area contributed by atoms with Crippen LogP contribution < -0.4 is 19.1 Å². The van der Waals surface area contributed by atoms with Crippen molar-refractivity contribution in [3.8, 4) is 11.5 Å². The molecule has 0 radical (unpaired) electrons. The Bertz CT molecular complexity index is 1490. The molecular weight excluding hydrogens is 573 g/mol. The lowest BCUT2D eigenvalue weighted by atomic mass is 9.95. The summed E-state index contributed by atoms with van der Waals surface area (Å²) in [4.78, 5) is 28.8. The van der Waals surface area contributed by atoms with Crippen LogP contribution in [0.15, 0.2) is 77.7 Å². The average molecular weight is 612 g/mol. The van der Waals surface area contributed by atoms with Gasteiger partial charge in [-0.25, -0.2) is 12.8 Å². The van der Waals surface area contributed by atoms with E-state index in [1.165, 1.54) is 67.7 Å². The summed E-state index contributed by atoms with van der Waals surface area (Å²) in [7, 11) is -1.40. The van der Waals surface area contributed by atoms with Crippen molar-refractivity contribution in [1.82, 2.24) is 10.2 Å². The lowest BCUT2D eigenvalue weighted by Gasteiger charge is -2.33. The monoisotopic (exact) mass is 611 g/mol. The zero-order valence-electron chi connectivity index (χ0n) is 24.7. The van der Waals surface area contributed by atoms with Crippen molar-refractivity contribution in [2.45, 2.75) is 62.6 Å². The lowest BCUT2D eigenvalue weighted by molar-refractivity contribution is -0.139. The number of methoxy groups -OCH3 is 2. The van der Waals surface area contributed by atoms with Crippen LogP contribution in [-0.2, 0) is 26.2 Å². The minimum Gasteiger partial charge on any atom is -0.497 e. The number of sulfonamides is 1. The van der Waals surface area contributed by atoms with E-state index >= 15 is 0 Å². The molecule has 230 valence electrons. The first kappa shape index (κ1) is 31.8. The number of carbonyl (C=O) groups is 2. The molecule has 4 rings (SSSR count). The molecule has 43 heavy (non-hydrogen) atoms. The second-order valence-corrected chi connectivity index (χ2v) is 12.4. The third kappa shape index (κ3) is 7.84. The molecule has 1 aliphatic carbocycles. The van der Waals surface area contributed by atoms with Crippen LogP contribution in [0, 0.1) is 5.82 Å². The van der Waals surface area contributed by atoms with E-state index in [1.807, 2.05) is 0 Å². The number of carbonyl (C=O) groups excluding carboxylic acids is 2. The number of amides is 2. The Morgan fingerprint density at radius 2 is 1.58 bits per heavy atom. The Kier molecular flexibility index (Phi) is 10.6. The first-order chi connectivity index (χ1) is 20.6. The fourth-order valence-corrected chi connectivity index (χ4v) is 6.59. The molecule has 0 spiro atoms. The predicted octanol–water partition coefficient (Wildman–Crippen LogP) is 4.90. The summed E-state index contributed by atoms with van der Waals surface area (Å²) in [5, 5.41) is 3.06. The smallest absolute Gasteiger partial charge is 0.264 e. The van der Waals surface area contributed by atoms with Crippen LogP contribution in [0.4, 0.5) is 10.1 Å². The van der Waals surface area contributed by atoms with Gasteiger partial charge in [0.1, 0.15) is 29.9 Å². The van der Waals surface area contributed by atoms with Crippen LogP contribution in [0.2, 0.25) is 0 Å². The number of anilines is 1. The number of para-hydroxylation sites is 2. The third-order valence-corrected chi connectivity index (χ3v) is 9.44. The van der Waals surface area contributed by atoms with Crippen LogP contribution in [0.1, 0.15) is 44.6 Å². The molecule has 2 amide bonds. The maximum atomic E-state index is 14.1. The van der Waals surface area contributed by atoms with Gasteiger partial charge in [-0.15, -0.1) is 0 Å². The van der Waals surface area contributed by atoms with Gasteiger partial charge in [-0.1, -0.05) is 43.5 Å². The highest BCUT2D eigenvalue weighted by Crippen LogP contribution is 2.33. The zero-order valence-corrected chi connectivity index (χ0v) is 25.5. The Morgan fingerprint density at radius 1 is 0.930 bits per heavy atom. The highest BCUT2D eigenvalue weighted by Gasteiger charge is 2.34. The summed E-state index contributed by atoms with van der Waals surface area (Å²) in [5.74, 6) is -0.650. The first-order valence-corrected chi connectivity index (χ1v) is 15.7. The number of halogens is 1. The van der Waals surface area contributed by atoms with Crippen LogP contribution in [0.3, 0.4) is 0 Å². The van der Waals surface area contributed by atoms with Gasteiger partial charge in [-0.05, 0) is 73.9 Å². The number of nitrogens with one attached hydrogen (secondary N) is 1. The van der Waals surface area contributed by atoms with E-state index in [9.17, 15) is 22.4 Å². The number of hydrogen-bond donors (Lipinski definition) is 1. The van der Waals surface area contributed by atoms with Gasteiger partial charge in [-0.3, -0.25) is 13.9 Å². The van der Waals surface area contributed by atoms with Gasteiger partial charge in [0.05, 0.1) is 24.8 Å². The molecule has 0 aliphatic heterocycles. The summed E-state index contributed by atoms with van der Waals surface area (Å²) in [6.07, 6.45) is 4.90. The largest absolute Gasteiger partial charge is 0.497 e. The Hall–Kier alpha value is -4.12. The normalized spacial score (nSPS) is 14.4. The molecule has 1 aliphatic rings. The van der Waals surface area contributed by atoms with E-state index in [2.05, 4.69) is 5.32 Å². The SMILES string of the molecule is COc1ccc(S(=O)(=O)N(CC(=O)N(Cc2ccc(F)cc2)[C@H](C)C(=O)NC2CCCCC2)c2ccccc2OC)cc1. The van der Waals surface area contributed by atoms with Gasteiger partial charge in [0.15, 0.2) is 0 Å². The van der Waals surface area contributed by atoms with Gasteiger partial charge >= 0.3 is 0 Å². The van der Waals surface area contributed by atoms with Gasteiger partial charge in [-0.2, -0.15) is 0 Å². The highest BCUT2D eigenvalue weighted by molar-refractivity contribution is 7.92. The molecule has 1 saturated carbocycles. The number of rotatable bonds is 12. The summed E-state index contributed by atoms with van der Waals surface area (Å²) in [6.45, 7) is 0.975. The summed E-state index contributed by atoms with van der Waals surface area (Å²) in [5.41, 5.74) is 0.754. The van der Waals surface area contributed by atoms with E-state index in [1.54, 1.807) is 31.2 Å². The summed E-state index contributed by atoms with van der Waals surface area (Å²) >= 11 is 0. The number of ether oxygens (including phenoxy) is 2. The quantitative estimate of drug-likeness (QED) is 0.312. The topological polar surface area (TPSA) is 105 Å². The zero-order chi connectivity index (χ0) is 31.0. The molecule has 1 atom stereocenters. The Balaban J connectivity index is 1.70. The summed E-state index contributed by atoms with van der Waals surface area (Å²) in [6, 6.07) is 17.1. The maximum Gasteiger partial charge on any atom is 0.264 e. The van der Waals surface area contributed by atoms with Gasteiger partial charge < -0.3 is 19.7 Å². The third-order valence-electron chi connectivity index (χ3n) is 7.67. The van der Waals surface area contributed by atoms with E-state index < -0.39 is 34.3 Å². The van der Waals surface area contributed by atoms with E-state index in [0.717, 1.165) is 36.4 Å². The minimum atomic E-state index is -4.29. The maximum absolute atomic E-state index is 14.1. The van der Waals surface area contributed by atoms with E-state index in [4.69, 9.17) is 9.47 Å². The van der Waals surface area contributed by atoms with Crippen molar-refractivity contribution in [3.05, 3.63) is 84.2 Å². The average Bonchev–Trinajstić information content (AvgIpc) is 3.03. The molecule has 0 heterocycles. The lowest BCUT2D eigenvalue weighted by Crippen LogP contribution is -2.53.